The van der Waals surface area contributed by atoms with Gasteiger partial charge in [0.1, 0.15) is 23.1 Å². The third kappa shape index (κ3) is 3.63. The first-order chi connectivity index (χ1) is 16.6. The molecule has 0 spiro atoms. The lowest BCUT2D eigenvalue weighted by atomic mass is 9.83. The average Bonchev–Trinajstić information content (AvgIpc) is 3.54. The number of furan rings is 1. The highest BCUT2D eigenvalue weighted by Gasteiger charge is 2.35. The van der Waals surface area contributed by atoms with Crippen LogP contribution in [-0.4, -0.2) is 23.3 Å². The number of carbonyl (C=O) groups excluding carboxylic acids is 1. The SMILES string of the molecule is COc1ccc(-c2[nH]nc3c2[C@H](c2ccc(OC(=O)c4ccco4)cc2)C(C#N)=C(N)O3)cc1. The highest BCUT2D eigenvalue weighted by molar-refractivity contribution is 5.88. The maximum atomic E-state index is 12.2. The van der Waals surface area contributed by atoms with E-state index in [4.69, 9.17) is 24.4 Å². The van der Waals surface area contributed by atoms with Crippen LogP contribution in [0.25, 0.3) is 11.3 Å². The minimum atomic E-state index is -0.607. The first-order valence-electron chi connectivity index (χ1n) is 10.2. The van der Waals surface area contributed by atoms with Gasteiger partial charge in [0, 0.05) is 5.56 Å². The van der Waals surface area contributed by atoms with Crippen LogP contribution in [0, 0.1) is 11.3 Å². The molecule has 34 heavy (non-hydrogen) atoms. The molecule has 9 heteroatoms. The monoisotopic (exact) mass is 454 g/mol. The summed E-state index contributed by atoms with van der Waals surface area (Å²) in [7, 11) is 1.60. The van der Waals surface area contributed by atoms with E-state index < -0.39 is 11.9 Å². The Morgan fingerprint density at radius 1 is 1.12 bits per heavy atom. The van der Waals surface area contributed by atoms with Crippen molar-refractivity contribution in [2.45, 2.75) is 5.92 Å². The van der Waals surface area contributed by atoms with Crippen molar-refractivity contribution in [2.24, 2.45) is 5.73 Å². The number of aromatic amines is 1. The number of H-pyrrole nitrogens is 1. The fourth-order valence-corrected chi connectivity index (χ4v) is 3.84. The van der Waals surface area contributed by atoms with Crippen molar-refractivity contribution in [3.05, 3.63) is 95.3 Å². The summed E-state index contributed by atoms with van der Waals surface area (Å²) in [5.41, 5.74) is 9.26. The molecule has 9 nitrogen and oxygen atoms in total. The number of nitrogens with two attached hydrogens (primary N) is 1. The molecule has 0 bridgehead atoms. The van der Waals surface area contributed by atoms with Gasteiger partial charge < -0.3 is 24.4 Å². The van der Waals surface area contributed by atoms with Crippen molar-refractivity contribution in [3.63, 3.8) is 0 Å². The van der Waals surface area contributed by atoms with Crippen LogP contribution in [0.4, 0.5) is 0 Å². The summed E-state index contributed by atoms with van der Waals surface area (Å²) in [4.78, 5) is 12.2. The van der Waals surface area contributed by atoms with E-state index >= 15 is 0 Å². The maximum absolute atomic E-state index is 12.2. The van der Waals surface area contributed by atoms with Gasteiger partial charge in [0.25, 0.3) is 0 Å². The van der Waals surface area contributed by atoms with Crippen molar-refractivity contribution < 1.29 is 23.4 Å². The largest absolute Gasteiger partial charge is 0.497 e. The zero-order valence-corrected chi connectivity index (χ0v) is 17.9. The molecule has 2 aromatic carbocycles. The molecule has 0 fully saturated rings. The molecule has 2 aromatic heterocycles. The molecule has 3 heterocycles. The highest BCUT2D eigenvalue weighted by Crippen LogP contribution is 2.45. The van der Waals surface area contributed by atoms with E-state index in [1.165, 1.54) is 12.3 Å². The number of nitrogens with one attached hydrogen (secondary N) is 1. The number of fused-ring (bicyclic) bond motifs is 1. The van der Waals surface area contributed by atoms with Gasteiger partial charge in [-0.2, -0.15) is 5.26 Å². The summed E-state index contributed by atoms with van der Waals surface area (Å²) < 4.78 is 21.3. The topological polar surface area (TPSA) is 136 Å². The second-order valence-corrected chi connectivity index (χ2v) is 7.41. The Bertz CT molecular complexity index is 1410. The summed E-state index contributed by atoms with van der Waals surface area (Å²) in [6.07, 6.45) is 1.40. The van der Waals surface area contributed by atoms with Gasteiger partial charge in [-0.3, -0.25) is 5.10 Å². The summed E-state index contributed by atoms with van der Waals surface area (Å²) in [6.45, 7) is 0. The van der Waals surface area contributed by atoms with Crippen molar-refractivity contribution in [2.75, 3.05) is 7.11 Å². The van der Waals surface area contributed by atoms with Crippen molar-refractivity contribution >= 4 is 5.97 Å². The number of aromatic nitrogens is 2. The molecule has 0 amide bonds. The molecule has 1 atom stereocenters. The van der Waals surface area contributed by atoms with Gasteiger partial charge in [-0.05, 0) is 54.1 Å². The molecule has 5 rings (SSSR count). The zero-order valence-electron chi connectivity index (χ0n) is 17.9. The second kappa shape index (κ2) is 8.52. The van der Waals surface area contributed by atoms with E-state index in [0.717, 1.165) is 11.1 Å². The summed E-state index contributed by atoms with van der Waals surface area (Å²) >= 11 is 0. The van der Waals surface area contributed by atoms with E-state index in [9.17, 15) is 10.1 Å². The molecule has 0 saturated heterocycles. The lowest BCUT2D eigenvalue weighted by Gasteiger charge is -2.24. The van der Waals surface area contributed by atoms with Gasteiger partial charge in [-0.25, -0.2) is 4.79 Å². The van der Waals surface area contributed by atoms with Gasteiger partial charge in [-0.15, -0.1) is 5.10 Å². The Morgan fingerprint density at radius 3 is 2.50 bits per heavy atom. The van der Waals surface area contributed by atoms with Gasteiger partial charge in [0.2, 0.25) is 17.5 Å². The van der Waals surface area contributed by atoms with E-state index in [2.05, 4.69) is 16.3 Å². The number of hydrogen-bond acceptors (Lipinski definition) is 8. The number of hydrogen-bond donors (Lipinski definition) is 2. The quantitative estimate of drug-likeness (QED) is 0.339. The first kappa shape index (κ1) is 20.9. The summed E-state index contributed by atoms with van der Waals surface area (Å²) in [6, 6.07) is 19.5. The number of nitriles is 1. The number of esters is 1. The van der Waals surface area contributed by atoms with Gasteiger partial charge in [0.05, 0.1) is 30.5 Å². The van der Waals surface area contributed by atoms with Crippen LogP contribution < -0.4 is 19.9 Å². The number of ether oxygens (including phenoxy) is 3. The van der Waals surface area contributed by atoms with Gasteiger partial charge in [0.15, 0.2) is 0 Å². The molecule has 168 valence electrons. The van der Waals surface area contributed by atoms with E-state index in [1.807, 2.05) is 24.3 Å². The normalized spacial score (nSPS) is 14.6. The standard InChI is InChI=1S/C25H18N4O5/c1-31-16-8-6-15(7-9-16)22-21-20(18(13-26)23(27)34-24(21)29-28-22)14-4-10-17(11-5-14)33-25(30)19-3-2-12-32-19/h2-12,20H,27H2,1H3,(H,28,29)/t20-/m1/s1. The molecule has 3 N–H and O–H groups in total. The molecular weight excluding hydrogens is 436 g/mol. The number of nitrogens with zero attached hydrogens (tertiary/aromatic N) is 2. The van der Waals surface area contributed by atoms with Crippen LogP contribution in [0.2, 0.25) is 0 Å². The number of methoxy groups -OCH3 is 1. The van der Waals surface area contributed by atoms with Gasteiger partial charge in [-0.1, -0.05) is 12.1 Å². The zero-order chi connectivity index (χ0) is 23.7. The molecule has 4 aromatic rings. The molecular formula is C25H18N4O5. The van der Waals surface area contributed by atoms with E-state index in [0.29, 0.717) is 28.6 Å². The molecule has 0 aliphatic carbocycles. The predicted molar refractivity (Wildman–Crippen MR) is 120 cm³/mol. The Labute approximate surface area is 194 Å². The average molecular weight is 454 g/mol. The van der Waals surface area contributed by atoms with Crippen LogP contribution in [-0.2, 0) is 0 Å². The van der Waals surface area contributed by atoms with E-state index in [1.54, 1.807) is 37.4 Å². The third-order valence-corrected chi connectivity index (χ3v) is 5.46. The predicted octanol–water partition coefficient (Wildman–Crippen LogP) is 4.12. The van der Waals surface area contributed by atoms with Crippen molar-refractivity contribution in [1.29, 1.82) is 5.26 Å². The van der Waals surface area contributed by atoms with Crippen LogP contribution in [0.15, 0.2) is 82.8 Å². The van der Waals surface area contributed by atoms with Crippen LogP contribution in [0.3, 0.4) is 0 Å². The highest BCUT2D eigenvalue weighted by atomic mass is 16.5. The van der Waals surface area contributed by atoms with Crippen molar-refractivity contribution in [3.8, 4) is 34.7 Å². The van der Waals surface area contributed by atoms with E-state index in [-0.39, 0.29) is 17.2 Å². The second-order valence-electron chi connectivity index (χ2n) is 7.41. The van der Waals surface area contributed by atoms with Crippen molar-refractivity contribution in [1.82, 2.24) is 10.2 Å². The van der Waals surface area contributed by atoms with Crippen LogP contribution in [0.1, 0.15) is 27.6 Å². The molecule has 1 aliphatic rings. The smallest absolute Gasteiger partial charge is 0.379 e. The lowest BCUT2D eigenvalue weighted by Crippen LogP contribution is -2.21. The van der Waals surface area contributed by atoms with Crippen LogP contribution in [0.5, 0.6) is 17.4 Å². The first-order valence-corrected chi connectivity index (χ1v) is 10.2. The molecule has 0 unspecified atom stereocenters. The minimum absolute atomic E-state index is 0.0129. The molecule has 0 saturated carbocycles. The molecule has 1 aliphatic heterocycles. The fraction of sp³-hybridized carbons (Fsp3) is 0.0800. The minimum Gasteiger partial charge on any atom is -0.497 e. The number of benzene rings is 2. The number of allylic oxidation sites excluding steroid dienone is 1. The number of rotatable bonds is 5. The molecule has 0 radical (unpaired) electrons. The van der Waals surface area contributed by atoms with Gasteiger partial charge >= 0.3 is 5.97 Å². The lowest BCUT2D eigenvalue weighted by molar-refractivity contribution is 0.0701. The Hall–Kier alpha value is -4.97. The number of carbonyl (C=O) groups is 1. The Balaban J connectivity index is 1.52. The van der Waals surface area contributed by atoms with Crippen LogP contribution >= 0.6 is 0 Å². The maximum Gasteiger partial charge on any atom is 0.379 e. The summed E-state index contributed by atoms with van der Waals surface area (Å²) in [5.74, 6) is 0.274. The fourth-order valence-electron chi connectivity index (χ4n) is 3.84. The Kier molecular flexibility index (Phi) is 5.24. The third-order valence-electron chi connectivity index (χ3n) is 5.46. The summed E-state index contributed by atoms with van der Waals surface area (Å²) in [5, 5.41) is 17.1. The Morgan fingerprint density at radius 2 is 1.85 bits per heavy atom.